The molecule has 0 aromatic heterocycles. The molecule has 0 bridgehead atoms. The fraction of sp³-hybridized carbons (Fsp3) is 0.385. The topological polar surface area (TPSA) is 61.4 Å². The summed E-state index contributed by atoms with van der Waals surface area (Å²) in [6.45, 7) is 3.70. The molecule has 18 heavy (non-hydrogen) atoms. The molecular weight excluding hydrogens is 230 g/mol. The summed E-state index contributed by atoms with van der Waals surface area (Å²) >= 11 is 0. The molecule has 96 valence electrons. The Bertz CT molecular complexity index is 527. The molecule has 0 spiro atoms. The number of carbonyl (C=O) groups excluding carboxylic acids is 2. The molecule has 0 fully saturated rings. The van der Waals surface area contributed by atoms with E-state index in [4.69, 9.17) is 0 Å². The Kier molecular flexibility index (Phi) is 2.77. The van der Waals surface area contributed by atoms with Gasteiger partial charge in [-0.15, -0.1) is 0 Å². The number of carbonyl (C=O) groups is 2. The Morgan fingerprint density at radius 2 is 2.06 bits per heavy atom. The van der Waals surface area contributed by atoms with Gasteiger partial charge in [-0.2, -0.15) is 0 Å². The van der Waals surface area contributed by atoms with E-state index < -0.39 is 5.54 Å². The number of hydrogen-bond donors (Lipinski definition) is 2. The predicted molar refractivity (Wildman–Crippen MR) is 69.5 cm³/mol. The van der Waals surface area contributed by atoms with Crippen LogP contribution in [-0.4, -0.2) is 26.0 Å². The van der Waals surface area contributed by atoms with E-state index in [9.17, 15) is 9.59 Å². The summed E-state index contributed by atoms with van der Waals surface area (Å²) in [6, 6.07) is 5.41. The fourth-order valence-electron chi connectivity index (χ4n) is 2.31. The lowest BCUT2D eigenvalue weighted by molar-refractivity contribution is -0.123. The monoisotopic (exact) mass is 247 g/mol. The van der Waals surface area contributed by atoms with Crippen LogP contribution in [0.25, 0.3) is 0 Å². The van der Waals surface area contributed by atoms with E-state index >= 15 is 0 Å². The van der Waals surface area contributed by atoms with Crippen molar-refractivity contribution < 1.29 is 9.59 Å². The van der Waals surface area contributed by atoms with Crippen LogP contribution >= 0.6 is 0 Å². The first-order valence-electron chi connectivity index (χ1n) is 5.79. The lowest BCUT2D eigenvalue weighted by Gasteiger charge is -2.24. The van der Waals surface area contributed by atoms with Crippen LogP contribution in [0.4, 0.5) is 10.5 Å². The van der Waals surface area contributed by atoms with Crippen LogP contribution in [0.5, 0.6) is 0 Å². The van der Waals surface area contributed by atoms with Gasteiger partial charge in [0, 0.05) is 25.3 Å². The molecule has 2 N–H and O–H groups in total. The number of likely N-dealkylation sites (N-methyl/N-ethyl adjacent to an activating group) is 1. The third-order valence-electron chi connectivity index (χ3n) is 3.38. The molecule has 0 aliphatic carbocycles. The Hall–Kier alpha value is -2.04. The minimum Gasteiger partial charge on any atom is -0.341 e. The zero-order valence-corrected chi connectivity index (χ0v) is 11.0. The summed E-state index contributed by atoms with van der Waals surface area (Å²) < 4.78 is 0. The number of amides is 3. The van der Waals surface area contributed by atoms with E-state index in [-0.39, 0.29) is 11.9 Å². The van der Waals surface area contributed by atoms with Gasteiger partial charge < -0.3 is 15.5 Å². The van der Waals surface area contributed by atoms with E-state index in [0.29, 0.717) is 0 Å². The van der Waals surface area contributed by atoms with Gasteiger partial charge in [0.2, 0.25) is 0 Å². The number of anilines is 1. The maximum Gasteiger partial charge on any atom is 0.315 e. The molecule has 1 atom stereocenters. The van der Waals surface area contributed by atoms with Gasteiger partial charge in [-0.05, 0) is 25.5 Å². The van der Waals surface area contributed by atoms with Crippen molar-refractivity contribution in [3.05, 3.63) is 29.3 Å². The molecule has 0 saturated heterocycles. The van der Waals surface area contributed by atoms with Crippen LogP contribution in [0.1, 0.15) is 18.1 Å². The van der Waals surface area contributed by atoms with Crippen LogP contribution in [-0.2, 0) is 10.3 Å². The average molecular weight is 247 g/mol. The number of fused-ring (bicyclic) bond motifs is 1. The molecular formula is C13H17N3O2. The second-order valence-electron chi connectivity index (χ2n) is 4.71. The maximum absolute atomic E-state index is 12.3. The number of hydrogen-bond acceptors (Lipinski definition) is 2. The Morgan fingerprint density at radius 3 is 2.67 bits per heavy atom. The molecule has 1 aromatic carbocycles. The minimum atomic E-state index is -1.00. The molecule has 0 radical (unpaired) electrons. The van der Waals surface area contributed by atoms with E-state index in [1.165, 1.54) is 7.05 Å². The molecule has 1 heterocycles. The first-order chi connectivity index (χ1) is 8.40. The highest BCUT2D eigenvalue weighted by atomic mass is 16.2. The predicted octanol–water partition coefficient (Wildman–Crippen LogP) is 1.12. The van der Waals surface area contributed by atoms with Gasteiger partial charge in [0.05, 0.1) is 0 Å². The first kappa shape index (κ1) is 12.4. The summed E-state index contributed by atoms with van der Waals surface area (Å²) in [5, 5.41) is 5.19. The van der Waals surface area contributed by atoms with Crippen molar-refractivity contribution in [1.29, 1.82) is 0 Å². The summed E-state index contributed by atoms with van der Waals surface area (Å²) in [7, 11) is 3.25. The van der Waals surface area contributed by atoms with Crippen LogP contribution in [0.2, 0.25) is 0 Å². The highest BCUT2D eigenvalue weighted by molar-refractivity contribution is 6.08. The second-order valence-corrected chi connectivity index (χ2v) is 4.71. The van der Waals surface area contributed by atoms with Gasteiger partial charge in [0.25, 0.3) is 5.91 Å². The highest BCUT2D eigenvalue weighted by Crippen LogP contribution is 2.39. The number of nitrogens with one attached hydrogen (secondary N) is 2. The maximum atomic E-state index is 12.3. The van der Waals surface area contributed by atoms with Crippen molar-refractivity contribution >= 4 is 17.6 Å². The van der Waals surface area contributed by atoms with E-state index in [1.807, 2.05) is 25.1 Å². The summed E-state index contributed by atoms with van der Waals surface area (Å²) in [5.41, 5.74) is 1.75. The summed E-state index contributed by atoms with van der Waals surface area (Å²) in [6.07, 6.45) is 0. The molecule has 1 aliphatic heterocycles. The molecule has 1 aromatic rings. The van der Waals surface area contributed by atoms with Crippen LogP contribution in [0, 0.1) is 6.92 Å². The third-order valence-corrected chi connectivity index (χ3v) is 3.38. The Balaban J connectivity index is 2.51. The number of urea groups is 1. The van der Waals surface area contributed by atoms with Crippen LogP contribution in [0.15, 0.2) is 18.2 Å². The fourth-order valence-corrected chi connectivity index (χ4v) is 2.31. The van der Waals surface area contributed by atoms with Gasteiger partial charge >= 0.3 is 6.03 Å². The van der Waals surface area contributed by atoms with E-state index in [2.05, 4.69) is 10.6 Å². The number of benzene rings is 1. The normalized spacial score (nSPS) is 21.8. The lowest BCUT2D eigenvalue weighted by Crippen LogP contribution is -2.52. The lowest BCUT2D eigenvalue weighted by atomic mass is 9.93. The zero-order valence-electron chi connectivity index (χ0n) is 11.0. The van der Waals surface area contributed by atoms with Gasteiger partial charge in [0.1, 0.15) is 5.54 Å². The molecule has 3 amide bonds. The van der Waals surface area contributed by atoms with Crippen LogP contribution in [0.3, 0.4) is 0 Å². The van der Waals surface area contributed by atoms with Crippen LogP contribution < -0.4 is 15.5 Å². The van der Waals surface area contributed by atoms with E-state index in [1.54, 1.807) is 18.9 Å². The molecule has 5 nitrogen and oxygen atoms in total. The van der Waals surface area contributed by atoms with E-state index in [0.717, 1.165) is 16.8 Å². The molecule has 1 unspecified atom stereocenters. The zero-order chi connectivity index (χ0) is 13.5. The van der Waals surface area contributed by atoms with Gasteiger partial charge in [-0.1, -0.05) is 12.1 Å². The van der Waals surface area contributed by atoms with Gasteiger partial charge in [-0.25, -0.2) is 4.79 Å². The smallest absolute Gasteiger partial charge is 0.315 e. The Labute approximate surface area is 106 Å². The largest absolute Gasteiger partial charge is 0.341 e. The molecule has 1 aliphatic rings. The van der Waals surface area contributed by atoms with Crippen molar-refractivity contribution in [1.82, 2.24) is 10.6 Å². The highest BCUT2D eigenvalue weighted by Gasteiger charge is 2.47. The van der Waals surface area contributed by atoms with Crippen molar-refractivity contribution in [2.24, 2.45) is 0 Å². The summed E-state index contributed by atoms with van der Waals surface area (Å²) in [4.78, 5) is 25.4. The average Bonchev–Trinajstić information content (AvgIpc) is 2.52. The Morgan fingerprint density at radius 1 is 1.39 bits per heavy atom. The summed E-state index contributed by atoms with van der Waals surface area (Å²) in [5.74, 6) is -0.133. The van der Waals surface area contributed by atoms with Crippen molar-refractivity contribution in [2.75, 3.05) is 19.0 Å². The molecule has 0 saturated carbocycles. The van der Waals surface area contributed by atoms with Crippen molar-refractivity contribution in [3.63, 3.8) is 0 Å². The molecule has 2 rings (SSSR count). The SMILES string of the molecule is CNC(=O)NC1(C)C(=O)N(C)c2cc(C)ccc21. The van der Waals surface area contributed by atoms with Gasteiger partial charge in [-0.3, -0.25) is 4.79 Å². The van der Waals surface area contributed by atoms with Crippen molar-refractivity contribution in [2.45, 2.75) is 19.4 Å². The second kappa shape index (κ2) is 4.01. The standard InChI is InChI=1S/C13H17N3O2/c1-8-5-6-9-10(7-8)16(4)11(17)13(9,2)15-12(18)14-3/h5-7H,1-4H3,(H2,14,15,18). The van der Waals surface area contributed by atoms with Crippen molar-refractivity contribution in [3.8, 4) is 0 Å². The molecule has 5 heteroatoms. The first-order valence-corrected chi connectivity index (χ1v) is 5.79. The van der Waals surface area contributed by atoms with Gasteiger partial charge in [0.15, 0.2) is 0 Å². The minimum absolute atomic E-state index is 0.133. The number of aryl methyl sites for hydroxylation is 1. The number of rotatable bonds is 1. The quantitative estimate of drug-likeness (QED) is 0.781. The number of nitrogens with zero attached hydrogens (tertiary/aromatic N) is 1. The third kappa shape index (κ3) is 1.63.